The van der Waals surface area contributed by atoms with Crippen molar-refractivity contribution in [3.63, 3.8) is 0 Å². The average molecular weight is 284 g/mol. The standard InChI is InChI=1S/C15H28N2O3/c1-4-10-17(11-14(18)20-5-2)12(3)15(19)16-13-8-6-7-9-13/h12-13H,4-11H2,1-3H3,(H,16,19). The second-order valence-corrected chi connectivity index (χ2v) is 5.44. The number of rotatable bonds is 8. The topological polar surface area (TPSA) is 58.6 Å². The van der Waals surface area contributed by atoms with Crippen LogP contribution < -0.4 is 5.32 Å². The van der Waals surface area contributed by atoms with Crippen LogP contribution in [0.3, 0.4) is 0 Å². The fourth-order valence-electron chi connectivity index (χ4n) is 2.63. The molecule has 1 amide bonds. The maximum absolute atomic E-state index is 12.2. The van der Waals surface area contributed by atoms with Crippen LogP contribution in [0.25, 0.3) is 0 Å². The Labute approximate surface area is 122 Å². The Kier molecular flexibility index (Phi) is 7.59. The van der Waals surface area contributed by atoms with Crippen LogP contribution in [0.2, 0.25) is 0 Å². The highest BCUT2D eigenvalue weighted by molar-refractivity contribution is 5.82. The molecular weight excluding hydrogens is 256 g/mol. The van der Waals surface area contributed by atoms with Crippen molar-refractivity contribution in [1.29, 1.82) is 0 Å². The monoisotopic (exact) mass is 284 g/mol. The number of ether oxygens (including phenoxy) is 1. The molecule has 0 saturated heterocycles. The summed E-state index contributed by atoms with van der Waals surface area (Å²) in [6.45, 7) is 6.97. The summed E-state index contributed by atoms with van der Waals surface area (Å²) in [7, 11) is 0. The van der Waals surface area contributed by atoms with Crippen LogP contribution in [0.1, 0.15) is 52.9 Å². The molecule has 0 aromatic heterocycles. The number of hydrogen-bond donors (Lipinski definition) is 1. The van der Waals surface area contributed by atoms with Gasteiger partial charge in [-0.25, -0.2) is 0 Å². The minimum Gasteiger partial charge on any atom is -0.465 e. The minimum atomic E-state index is -0.292. The van der Waals surface area contributed by atoms with E-state index in [2.05, 4.69) is 5.32 Å². The van der Waals surface area contributed by atoms with Gasteiger partial charge in [-0.3, -0.25) is 14.5 Å². The van der Waals surface area contributed by atoms with E-state index in [4.69, 9.17) is 4.74 Å². The summed E-state index contributed by atoms with van der Waals surface area (Å²) in [6.07, 6.45) is 5.44. The molecular formula is C15H28N2O3. The maximum atomic E-state index is 12.2. The quantitative estimate of drug-likeness (QED) is 0.689. The van der Waals surface area contributed by atoms with Crippen LogP contribution in [0.5, 0.6) is 0 Å². The molecule has 0 aromatic rings. The van der Waals surface area contributed by atoms with Gasteiger partial charge >= 0.3 is 5.97 Å². The highest BCUT2D eigenvalue weighted by Crippen LogP contribution is 2.18. The van der Waals surface area contributed by atoms with E-state index in [1.54, 1.807) is 6.92 Å². The molecule has 1 N–H and O–H groups in total. The van der Waals surface area contributed by atoms with Crippen molar-refractivity contribution < 1.29 is 14.3 Å². The zero-order valence-corrected chi connectivity index (χ0v) is 13.0. The fraction of sp³-hybridized carbons (Fsp3) is 0.867. The smallest absolute Gasteiger partial charge is 0.320 e. The van der Waals surface area contributed by atoms with Gasteiger partial charge in [0.2, 0.25) is 5.91 Å². The number of nitrogens with zero attached hydrogens (tertiary/aromatic N) is 1. The highest BCUT2D eigenvalue weighted by Gasteiger charge is 2.26. The van der Waals surface area contributed by atoms with E-state index in [1.165, 1.54) is 12.8 Å². The highest BCUT2D eigenvalue weighted by atomic mass is 16.5. The van der Waals surface area contributed by atoms with E-state index < -0.39 is 0 Å². The van der Waals surface area contributed by atoms with Crippen molar-refractivity contribution >= 4 is 11.9 Å². The first kappa shape index (κ1) is 17.0. The molecule has 1 aliphatic carbocycles. The number of carbonyl (C=O) groups excluding carboxylic acids is 2. The van der Waals surface area contributed by atoms with Gasteiger partial charge in [0, 0.05) is 6.04 Å². The first-order valence-electron chi connectivity index (χ1n) is 7.78. The lowest BCUT2D eigenvalue weighted by atomic mass is 10.2. The van der Waals surface area contributed by atoms with E-state index in [1.807, 2.05) is 18.7 Å². The first-order chi connectivity index (χ1) is 9.58. The summed E-state index contributed by atoms with van der Waals surface area (Å²) < 4.78 is 4.97. The molecule has 5 nitrogen and oxygen atoms in total. The Morgan fingerprint density at radius 2 is 1.95 bits per heavy atom. The Morgan fingerprint density at radius 1 is 1.30 bits per heavy atom. The van der Waals surface area contributed by atoms with E-state index in [-0.39, 0.29) is 24.5 Å². The number of hydrogen-bond acceptors (Lipinski definition) is 4. The molecule has 0 radical (unpaired) electrons. The predicted octanol–water partition coefficient (Wildman–Crippen LogP) is 1.71. The van der Waals surface area contributed by atoms with Crippen LogP contribution in [-0.2, 0) is 14.3 Å². The van der Waals surface area contributed by atoms with Gasteiger partial charge < -0.3 is 10.1 Å². The third-order valence-electron chi connectivity index (χ3n) is 3.78. The van der Waals surface area contributed by atoms with E-state index in [9.17, 15) is 9.59 Å². The van der Waals surface area contributed by atoms with Gasteiger partial charge in [-0.15, -0.1) is 0 Å². The van der Waals surface area contributed by atoms with E-state index in [0.717, 1.165) is 25.8 Å². The molecule has 116 valence electrons. The lowest BCUT2D eigenvalue weighted by molar-refractivity contribution is -0.145. The van der Waals surface area contributed by atoms with Gasteiger partial charge in [0.05, 0.1) is 19.2 Å². The largest absolute Gasteiger partial charge is 0.465 e. The van der Waals surface area contributed by atoms with E-state index >= 15 is 0 Å². The van der Waals surface area contributed by atoms with Gasteiger partial charge in [0.25, 0.3) is 0 Å². The van der Waals surface area contributed by atoms with E-state index in [0.29, 0.717) is 12.6 Å². The van der Waals surface area contributed by atoms with Crippen LogP contribution in [0.15, 0.2) is 0 Å². The van der Waals surface area contributed by atoms with Crippen molar-refractivity contribution in [2.75, 3.05) is 19.7 Å². The molecule has 0 aromatic carbocycles. The normalized spacial score (nSPS) is 17.2. The lowest BCUT2D eigenvalue weighted by Crippen LogP contribution is -2.49. The summed E-state index contributed by atoms with van der Waals surface area (Å²) in [5.74, 6) is -0.240. The second-order valence-electron chi connectivity index (χ2n) is 5.44. The SMILES string of the molecule is CCCN(CC(=O)OCC)C(C)C(=O)NC1CCCC1. The molecule has 1 unspecified atom stereocenters. The molecule has 0 bridgehead atoms. The zero-order valence-electron chi connectivity index (χ0n) is 13.0. The molecule has 5 heteroatoms. The van der Waals surface area contributed by atoms with Crippen molar-refractivity contribution in [3.05, 3.63) is 0 Å². The number of esters is 1. The van der Waals surface area contributed by atoms with Gasteiger partial charge in [0.1, 0.15) is 0 Å². The van der Waals surface area contributed by atoms with Gasteiger partial charge in [-0.05, 0) is 39.7 Å². The molecule has 1 aliphatic rings. The Bertz CT molecular complexity index is 314. The summed E-state index contributed by atoms with van der Waals surface area (Å²) in [5.41, 5.74) is 0. The van der Waals surface area contributed by atoms with Gasteiger partial charge in [-0.1, -0.05) is 19.8 Å². The molecule has 1 fully saturated rings. The third kappa shape index (κ3) is 5.49. The number of amides is 1. The fourth-order valence-corrected chi connectivity index (χ4v) is 2.63. The zero-order chi connectivity index (χ0) is 15.0. The molecule has 0 heterocycles. The molecule has 20 heavy (non-hydrogen) atoms. The van der Waals surface area contributed by atoms with Crippen LogP contribution in [0, 0.1) is 0 Å². The van der Waals surface area contributed by atoms with Gasteiger partial charge in [0.15, 0.2) is 0 Å². The van der Waals surface area contributed by atoms with Crippen molar-refractivity contribution in [2.45, 2.75) is 65.0 Å². The molecule has 0 aliphatic heterocycles. The number of nitrogens with one attached hydrogen (secondary N) is 1. The third-order valence-corrected chi connectivity index (χ3v) is 3.78. The first-order valence-corrected chi connectivity index (χ1v) is 7.78. The Morgan fingerprint density at radius 3 is 2.50 bits per heavy atom. The van der Waals surface area contributed by atoms with Gasteiger partial charge in [-0.2, -0.15) is 0 Å². The van der Waals surface area contributed by atoms with Crippen molar-refractivity contribution in [3.8, 4) is 0 Å². The van der Waals surface area contributed by atoms with Crippen LogP contribution >= 0.6 is 0 Å². The Hall–Kier alpha value is -1.10. The summed E-state index contributed by atoms with van der Waals surface area (Å²) in [5, 5.41) is 3.09. The predicted molar refractivity (Wildman–Crippen MR) is 78.4 cm³/mol. The minimum absolute atomic E-state index is 0.0228. The lowest BCUT2D eigenvalue weighted by Gasteiger charge is -2.28. The molecule has 0 spiro atoms. The number of carbonyl (C=O) groups is 2. The van der Waals surface area contributed by atoms with Crippen molar-refractivity contribution in [1.82, 2.24) is 10.2 Å². The summed E-state index contributed by atoms with van der Waals surface area (Å²) >= 11 is 0. The summed E-state index contributed by atoms with van der Waals surface area (Å²) in [4.78, 5) is 25.7. The average Bonchev–Trinajstić information content (AvgIpc) is 2.90. The molecule has 1 rings (SSSR count). The van der Waals surface area contributed by atoms with Crippen LogP contribution in [0.4, 0.5) is 0 Å². The molecule has 1 saturated carbocycles. The molecule has 1 atom stereocenters. The maximum Gasteiger partial charge on any atom is 0.320 e. The summed E-state index contributed by atoms with van der Waals surface area (Å²) in [6, 6.07) is 0.0241. The second kappa shape index (κ2) is 8.95. The Balaban J connectivity index is 2.50. The van der Waals surface area contributed by atoms with Crippen molar-refractivity contribution in [2.24, 2.45) is 0 Å². The van der Waals surface area contributed by atoms with Crippen LogP contribution in [-0.4, -0.2) is 48.6 Å².